The number of nitrogen functional groups attached to an aromatic ring is 1. The summed E-state index contributed by atoms with van der Waals surface area (Å²) in [4.78, 5) is 32.8. The number of carbonyl (C=O) groups excluding carboxylic acids is 1. The smallest absolute Gasteiger partial charge is 0.323 e. The van der Waals surface area contributed by atoms with Crippen LogP contribution in [0.2, 0.25) is 0 Å². The second kappa shape index (κ2) is 14.0. The molecule has 258 valence electrons. The highest BCUT2D eigenvalue weighted by Gasteiger charge is 2.41. The summed E-state index contributed by atoms with van der Waals surface area (Å²) in [7, 11) is 0. The van der Waals surface area contributed by atoms with Crippen LogP contribution < -0.4 is 21.3 Å². The Morgan fingerprint density at radius 3 is 2.16 bits per heavy atom. The molecule has 7 heterocycles. The molecule has 2 amide bonds. The van der Waals surface area contributed by atoms with Crippen molar-refractivity contribution in [2.45, 2.75) is 62.6 Å². The Morgan fingerprint density at radius 2 is 1.52 bits per heavy atom. The quantitative estimate of drug-likeness (QED) is 0.217. The third-order valence-corrected chi connectivity index (χ3v) is 9.66. The van der Waals surface area contributed by atoms with Crippen molar-refractivity contribution in [3.63, 3.8) is 0 Å². The van der Waals surface area contributed by atoms with Crippen molar-refractivity contribution in [2.24, 2.45) is 0 Å². The van der Waals surface area contributed by atoms with Gasteiger partial charge in [-0.05, 0) is 74.2 Å². The first kappa shape index (κ1) is 32.0. The zero-order valence-corrected chi connectivity index (χ0v) is 27.6. The second-order valence-corrected chi connectivity index (χ2v) is 13.1. The van der Waals surface area contributed by atoms with Gasteiger partial charge in [0.05, 0.1) is 60.6 Å². The van der Waals surface area contributed by atoms with Crippen LogP contribution in [0.15, 0.2) is 79.5 Å². The number of hydrogen-bond acceptors (Lipinski definition) is 11. The highest BCUT2D eigenvalue weighted by atomic mass is 16.7. The number of morpholine rings is 1. The molecule has 14 nitrogen and oxygen atoms in total. The monoisotopic (exact) mass is 676 g/mol. The molecule has 9 rings (SSSR count). The number of aromatic nitrogens is 6. The van der Waals surface area contributed by atoms with E-state index in [0.29, 0.717) is 36.1 Å². The molecule has 4 aliphatic rings. The summed E-state index contributed by atoms with van der Waals surface area (Å²) in [6.07, 6.45) is 14.6. The minimum absolute atomic E-state index is 0.206. The molecule has 5 aromatic rings. The van der Waals surface area contributed by atoms with E-state index in [4.69, 9.17) is 35.0 Å². The van der Waals surface area contributed by atoms with E-state index in [9.17, 15) is 4.79 Å². The Morgan fingerprint density at radius 1 is 0.820 bits per heavy atom. The standard InChI is InChI=1S/C31H34N8O4.C5H6N2/c40-30(35-22-2-1-13-32-16-22)34-21-5-3-20(4-6-21)27-36-28(38-18-24-7-8-25(19-38)43-24)26-17-33-39(29(26)37-27)23-9-11-31(12-10-23)41-14-15-42-31;6-5-2-1-3-7-4-5/h1-6,13,16-17,23-25H,7-12,14-15,18-19H2,(H2,34,35,40);1-4H,6H2. The minimum Gasteiger partial charge on any atom is -0.397 e. The molecule has 2 bridgehead atoms. The fourth-order valence-electron chi connectivity index (χ4n) is 7.22. The number of rotatable bonds is 5. The number of amides is 2. The molecule has 50 heavy (non-hydrogen) atoms. The van der Waals surface area contributed by atoms with Gasteiger partial charge in [-0.2, -0.15) is 5.10 Å². The van der Waals surface area contributed by atoms with E-state index in [1.165, 1.54) is 0 Å². The first-order chi connectivity index (χ1) is 24.5. The van der Waals surface area contributed by atoms with Crippen LogP contribution in [0.5, 0.6) is 0 Å². The summed E-state index contributed by atoms with van der Waals surface area (Å²) in [5.74, 6) is 1.10. The van der Waals surface area contributed by atoms with Crippen molar-refractivity contribution in [3.05, 3.63) is 79.5 Å². The third kappa shape index (κ3) is 6.95. The maximum atomic E-state index is 12.5. The van der Waals surface area contributed by atoms with Crippen LogP contribution in [0.4, 0.5) is 27.7 Å². The molecule has 1 aliphatic carbocycles. The predicted molar refractivity (Wildman–Crippen MR) is 189 cm³/mol. The molecule has 1 saturated carbocycles. The molecule has 4 aromatic heterocycles. The number of anilines is 4. The van der Waals surface area contributed by atoms with Gasteiger partial charge in [0.15, 0.2) is 17.3 Å². The Kier molecular flexibility index (Phi) is 8.96. The predicted octanol–water partition coefficient (Wildman–Crippen LogP) is 5.42. The van der Waals surface area contributed by atoms with Gasteiger partial charge in [-0.1, -0.05) is 0 Å². The SMILES string of the molecule is Nc1cccnc1.O=C(Nc1ccc(-c2nc(N3CC4CCC(C3)O4)c3cnn(C4CCC5(CC4)OCCO5)c3n2)cc1)Nc1cccnc1. The highest BCUT2D eigenvalue weighted by Crippen LogP contribution is 2.42. The Balaban J connectivity index is 0.000000463. The zero-order chi connectivity index (χ0) is 33.9. The molecule has 4 N–H and O–H groups in total. The number of nitrogens with one attached hydrogen (secondary N) is 2. The number of urea groups is 1. The fourth-order valence-corrected chi connectivity index (χ4v) is 7.22. The lowest BCUT2D eigenvalue weighted by molar-refractivity contribution is -0.181. The van der Waals surface area contributed by atoms with Gasteiger partial charge in [-0.3, -0.25) is 9.97 Å². The fraction of sp³-hybridized carbons (Fsp3) is 0.389. The molecule has 4 fully saturated rings. The summed E-state index contributed by atoms with van der Waals surface area (Å²) in [5.41, 5.74) is 8.99. The van der Waals surface area contributed by atoms with Crippen LogP contribution in [-0.2, 0) is 14.2 Å². The van der Waals surface area contributed by atoms with Gasteiger partial charge in [0, 0.05) is 55.8 Å². The van der Waals surface area contributed by atoms with Crippen LogP contribution in [0, 0.1) is 0 Å². The molecule has 1 spiro atoms. The normalized spacial score (nSPS) is 21.2. The largest absolute Gasteiger partial charge is 0.397 e. The average Bonchev–Trinajstić information content (AvgIpc) is 3.88. The van der Waals surface area contributed by atoms with Gasteiger partial charge in [-0.15, -0.1) is 0 Å². The minimum atomic E-state index is -0.428. The van der Waals surface area contributed by atoms with Crippen LogP contribution in [0.3, 0.4) is 0 Å². The molecular weight excluding hydrogens is 636 g/mol. The zero-order valence-electron chi connectivity index (χ0n) is 27.6. The topological polar surface area (TPSA) is 167 Å². The van der Waals surface area contributed by atoms with Crippen molar-refractivity contribution in [2.75, 3.05) is 47.6 Å². The number of hydrogen-bond donors (Lipinski definition) is 3. The molecule has 3 aliphatic heterocycles. The number of nitrogens with zero attached hydrogens (tertiary/aromatic N) is 7. The maximum Gasteiger partial charge on any atom is 0.323 e. The molecule has 3 saturated heterocycles. The molecular formula is C36H40N10O4. The molecule has 2 atom stereocenters. The van der Waals surface area contributed by atoms with Crippen molar-refractivity contribution in [1.29, 1.82) is 0 Å². The van der Waals surface area contributed by atoms with Crippen LogP contribution in [-0.4, -0.2) is 80.0 Å². The van der Waals surface area contributed by atoms with Gasteiger partial charge in [0.2, 0.25) is 0 Å². The van der Waals surface area contributed by atoms with Crippen LogP contribution in [0.25, 0.3) is 22.4 Å². The summed E-state index contributed by atoms with van der Waals surface area (Å²) >= 11 is 0. The maximum absolute atomic E-state index is 12.5. The third-order valence-electron chi connectivity index (χ3n) is 9.66. The first-order valence-corrected chi connectivity index (χ1v) is 17.2. The number of fused-ring (bicyclic) bond motifs is 3. The second-order valence-electron chi connectivity index (χ2n) is 13.1. The van der Waals surface area contributed by atoms with E-state index >= 15 is 0 Å². The summed E-state index contributed by atoms with van der Waals surface area (Å²) in [6.45, 7) is 2.95. The van der Waals surface area contributed by atoms with E-state index in [1.54, 1.807) is 49.1 Å². The van der Waals surface area contributed by atoms with Gasteiger partial charge < -0.3 is 35.5 Å². The summed E-state index contributed by atoms with van der Waals surface area (Å²) in [5, 5.41) is 11.5. The van der Waals surface area contributed by atoms with E-state index in [0.717, 1.165) is 74.0 Å². The number of benzene rings is 1. The average molecular weight is 677 g/mol. The number of nitrogens with two attached hydrogens (primary N) is 1. The lowest BCUT2D eigenvalue weighted by atomic mass is 9.90. The summed E-state index contributed by atoms with van der Waals surface area (Å²) in [6, 6.07) is 14.6. The van der Waals surface area contributed by atoms with E-state index in [2.05, 4.69) is 30.2 Å². The van der Waals surface area contributed by atoms with Crippen molar-refractivity contribution in [1.82, 2.24) is 29.7 Å². The van der Waals surface area contributed by atoms with E-state index in [1.807, 2.05) is 30.5 Å². The first-order valence-electron chi connectivity index (χ1n) is 17.2. The van der Waals surface area contributed by atoms with Gasteiger partial charge >= 0.3 is 6.03 Å². The highest BCUT2D eigenvalue weighted by molar-refractivity contribution is 5.99. The lowest BCUT2D eigenvalue weighted by Crippen LogP contribution is -2.43. The number of carbonyl (C=O) groups is 1. The summed E-state index contributed by atoms with van der Waals surface area (Å²) < 4.78 is 20.2. The lowest BCUT2D eigenvalue weighted by Gasteiger charge is -2.35. The van der Waals surface area contributed by atoms with Crippen LogP contribution >= 0.6 is 0 Å². The molecule has 0 radical (unpaired) electrons. The van der Waals surface area contributed by atoms with E-state index < -0.39 is 5.79 Å². The number of pyridine rings is 2. The van der Waals surface area contributed by atoms with Crippen molar-refractivity contribution in [3.8, 4) is 11.4 Å². The molecule has 14 heteroatoms. The number of ether oxygens (including phenoxy) is 3. The Bertz CT molecular complexity index is 1900. The van der Waals surface area contributed by atoms with Gasteiger partial charge in [-0.25, -0.2) is 19.4 Å². The van der Waals surface area contributed by atoms with Crippen molar-refractivity contribution < 1.29 is 19.0 Å². The molecule has 2 unspecified atom stereocenters. The molecule has 1 aromatic carbocycles. The van der Waals surface area contributed by atoms with Gasteiger partial charge in [0.1, 0.15) is 5.82 Å². The van der Waals surface area contributed by atoms with Gasteiger partial charge in [0.25, 0.3) is 0 Å². The van der Waals surface area contributed by atoms with Crippen LogP contribution in [0.1, 0.15) is 44.6 Å². The van der Waals surface area contributed by atoms with Crippen molar-refractivity contribution >= 4 is 39.9 Å². The van der Waals surface area contributed by atoms with E-state index in [-0.39, 0.29) is 24.3 Å². The Hall–Kier alpha value is -5.18. The Labute approximate surface area is 289 Å².